The molecule has 7 nitrogen and oxygen atoms in total. The minimum Gasteiger partial charge on any atom is -0.356 e. The number of amides is 2. The number of hydrogen-bond donors (Lipinski definition) is 2. The van der Waals surface area contributed by atoms with Crippen LogP contribution in [0.25, 0.3) is 10.2 Å². The molecule has 1 aliphatic carbocycles. The van der Waals surface area contributed by atoms with E-state index in [4.69, 9.17) is 0 Å². The van der Waals surface area contributed by atoms with Gasteiger partial charge in [-0.05, 0) is 63.3 Å². The Balaban J connectivity index is 1.21. The molecule has 0 bridgehead atoms. The summed E-state index contributed by atoms with van der Waals surface area (Å²) < 4.78 is 0. The van der Waals surface area contributed by atoms with E-state index in [1.807, 2.05) is 24.3 Å². The summed E-state index contributed by atoms with van der Waals surface area (Å²) in [4.78, 5) is 38.5. The Morgan fingerprint density at radius 1 is 0.969 bits per heavy atom. The number of nitrogens with one attached hydrogen (secondary N) is 2. The SMILES string of the molecule is Cc1sc2ncnc(N3CCC(C(=O)Nc4cccc(NC(=O)C5CC5)c4)CC3)c2c1C. The number of thiophene rings is 1. The molecule has 3 aromatic rings. The van der Waals surface area contributed by atoms with E-state index in [1.54, 1.807) is 17.7 Å². The van der Waals surface area contributed by atoms with Crippen molar-refractivity contribution in [1.82, 2.24) is 9.97 Å². The molecule has 2 aliphatic rings. The van der Waals surface area contributed by atoms with Gasteiger partial charge in [0.05, 0.1) is 5.39 Å². The second kappa shape index (κ2) is 8.50. The van der Waals surface area contributed by atoms with Gasteiger partial charge in [0.1, 0.15) is 17.0 Å². The maximum Gasteiger partial charge on any atom is 0.227 e. The fraction of sp³-hybridized carbons (Fsp3) is 0.417. The molecule has 32 heavy (non-hydrogen) atoms. The minimum absolute atomic E-state index is 0.0331. The fourth-order valence-electron chi connectivity index (χ4n) is 4.27. The highest BCUT2D eigenvalue weighted by molar-refractivity contribution is 7.18. The van der Waals surface area contributed by atoms with Crippen molar-refractivity contribution in [2.75, 3.05) is 28.6 Å². The number of aryl methyl sites for hydroxylation is 2. The van der Waals surface area contributed by atoms with Gasteiger partial charge in [0.25, 0.3) is 0 Å². The quantitative estimate of drug-likeness (QED) is 0.598. The second-order valence-corrected chi connectivity index (χ2v) is 9.96. The molecule has 1 saturated carbocycles. The van der Waals surface area contributed by atoms with Gasteiger partial charge in [0.15, 0.2) is 0 Å². The molecule has 8 heteroatoms. The molecule has 1 saturated heterocycles. The van der Waals surface area contributed by atoms with Gasteiger partial charge in [-0.25, -0.2) is 9.97 Å². The standard InChI is InChI=1S/C24H27N5O2S/c1-14-15(2)32-24-20(14)21(25-13-26-24)29-10-8-17(9-11-29)23(31)28-19-5-3-4-18(12-19)27-22(30)16-6-7-16/h3-5,12-13,16-17H,6-11H2,1-2H3,(H,27,30)(H,28,31). The zero-order valence-electron chi connectivity index (χ0n) is 18.4. The van der Waals surface area contributed by atoms with E-state index in [0.717, 1.165) is 60.5 Å². The molecule has 3 heterocycles. The lowest BCUT2D eigenvalue weighted by molar-refractivity contribution is -0.120. The van der Waals surface area contributed by atoms with E-state index >= 15 is 0 Å². The van der Waals surface area contributed by atoms with E-state index in [1.165, 1.54) is 10.4 Å². The van der Waals surface area contributed by atoms with Gasteiger partial charge in [-0.15, -0.1) is 11.3 Å². The van der Waals surface area contributed by atoms with Crippen LogP contribution in [0.1, 0.15) is 36.1 Å². The smallest absolute Gasteiger partial charge is 0.227 e. The number of hydrogen-bond acceptors (Lipinski definition) is 6. The molecular formula is C24H27N5O2S. The van der Waals surface area contributed by atoms with E-state index in [0.29, 0.717) is 5.69 Å². The van der Waals surface area contributed by atoms with Crippen molar-refractivity contribution in [2.24, 2.45) is 11.8 Å². The molecule has 0 spiro atoms. The number of anilines is 3. The molecule has 2 fully saturated rings. The zero-order chi connectivity index (χ0) is 22.2. The number of piperidine rings is 1. The highest BCUT2D eigenvalue weighted by Gasteiger charge is 2.30. The first-order valence-electron chi connectivity index (χ1n) is 11.2. The first kappa shape index (κ1) is 20.9. The number of carbonyl (C=O) groups is 2. The van der Waals surface area contributed by atoms with Crippen molar-refractivity contribution < 1.29 is 9.59 Å². The van der Waals surface area contributed by atoms with Gasteiger partial charge in [-0.1, -0.05) is 6.07 Å². The number of nitrogens with zero attached hydrogens (tertiary/aromatic N) is 3. The lowest BCUT2D eigenvalue weighted by atomic mass is 9.95. The molecule has 166 valence electrons. The van der Waals surface area contributed by atoms with Crippen molar-refractivity contribution in [2.45, 2.75) is 39.5 Å². The summed E-state index contributed by atoms with van der Waals surface area (Å²) in [6.07, 6.45) is 5.12. The third-order valence-corrected chi connectivity index (χ3v) is 7.57. The van der Waals surface area contributed by atoms with Crippen molar-refractivity contribution in [1.29, 1.82) is 0 Å². The number of fused-ring (bicyclic) bond motifs is 1. The van der Waals surface area contributed by atoms with E-state index in [-0.39, 0.29) is 23.7 Å². The van der Waals surface area contributed by atoms with Crippen molar-refractivity contribution in [3.8, 4) is 0 Å². The predicted molar refractivity (Wildman–Crippen MR) is 128 cm³/mol. The van der Waals surface area contributed by atoms with Crippen molar-refractivity contribution >= 4 is 50.6 Å². The van der Waals surface area contributed by atoms with E-state index < -0.39 is 0 Å². The van der Waals surface area contributed by atoms with Crippen LogP contribution in [0.5, 0.6) is 0 Å². The number of aromatic nitrogens is 2. The Bertz CT molecular complexity index is 1180. The average molecular weight is 450 g/mol. The highest BCUT2D eigenvalue weighted by Crippen LogP contribution is 2.36. The Morgan fingerprint density at radius 2 is 1.59 bits per heavy atom. The van der Waals surface area contributed by atoms with Gasteiger partial charge < -0.3 is 15.5 Å². The lowest BCUT2D eigenvalue weighted by Gasteiger charge is -2.32. The number of benzene rings is 1. The van der Waals surface area contributed by atoms with Crippen LogP contribution in [-0.2, 0) is 9.59 Å². The van der Waals surface area contributed by atoms with Crippen LogP contribution in [-0.4, -0.2) is 34.9 Å². The molecule has 5 rings (SSSR count). The molecule has 0 radical (unpaired) electrons. The summed E-state index contributed by atoms with van der Waals surface area (Å²) in [6.45, 7) is 5.82. The first-order valence-corrected chi connectivity index (χ1v) is 12.0. The predicted octanol–water partition coefficient (Wildman–Crippen LogP) is 4.51. The van der Waals surface area contributed by atoms with Gasteiger partial charge in [-0.3, -0.25) is 9.59 Å². The third kappa shape index (κ3) is 4.19. The summed E-state index contributed by atoms with van der Waals surface area (Å²) in [6, 6.07) is 7.39. The lowest BCUT2D eigenvalue weighted by Crippen LogP contribution is -2.38. The Labute approximate surface area is 191 Å². The van der Waals surface area contributed by atoms with Gasteiger partial charge >= 0.3 is 0 Å². The molecule has 2 amide bonds. The number of rotatable bonds is 5. The summed E-state index contributed by atoms with van der Waals surface area (Å²) in [5.41, 5.74) is 2.69. The molecular weight excluding hydrogens is 422 g/mol. The van der Waals surface area contributed by atoms with Gasteiger partial charge in [0, 0.05) is 41.2 Å². The first-order chi connectivity index (χ1) is 15.5. The maximum absolute atomic E-state index is 12.9. The normalized spacial score (nSPS) is 16.9. The van der Waals surface area contributed by atoms with Crippen LogP contribution in [0.15, 0.2) is 30.6 Å². The van der Waals surface area contributed by atoms with Crippen molar-refractivity contribution in [3.05, 3.63) is 41.0 Å². The summed E-state index contributed by atoms with van der Waals surface area (Å²) in [7, 11) is 0. The van der Waals surface area contributed by atoms with E-state index in [9.17, 15) is 9.59 Å². The van der Waals surface area contributed by atoms with Gasteiger partial charge in [0.2, 0.25) is 11.8 Å². The van der Waals surface area contributed by atoms with Crippen LogP contribution in [0.4, 0.5) is 17.2 Å². The van der Waals surface area contributed by atoms with Crippen LogP contribution in [0.3, 0.4) is 0 Å². The number of carbonyl (C=O) groups excluding carboxylic acids is 2. The molecule has 2 aromatic heterocycles. The summed E-state index contributed by atoms with van der Waals surface area (Å²) in [5.74, 6) is 1.19. The minimum atomic E-state index is -0.0430. The van der Waals surface area contributed by atoms with Crippen molar-refractivity contribution in [3.63, 3.8) is 0 Å². The van der Waals surface area contributed by atoms with Crippen LogP contribution < -0.4 is 15.5 Å². The molecule has 0 atom stereocenters. The monoisotopic (exact) mass is 449 g/mol. The van der Waals surface area contributed by atoms with Crippen LogP contribution >= 0.6 is 11.3 Å². The summed E-state index contributed by atoms with van der Waals surface area (Å²) in [5, 5.41) is 7.11. The molecule has 1 aromatic carbocycles. The Kier molecular flexibility index (Phi) is 5.55. The zero-order valence-corrected chi connectivity index (χ0v) is 19.2. The fourth-order valence-corrected chi connectivity index (χ4v) is 5.26. The van der Waals surface area contributed by atoms with Crippen LogP contribution in [0, 0.1) is 25.7 Å². The molecule has 2 N–H and O–H groups in total. The van der Waals surface area contributed by atoms with Crippen LogP contribution in [0.2, 0.25) is 0 Å². The average Bonchev–Trinajstić information content (AvgIpc) is 3.60. The third-order valence-electron chi connectivity index (χ3n) is 6.46. The Hall–Kier alpha value is -3.00. The topological polar surface area (TPSA) is 87.2 Å². The summed E-state index contributed by atoms with van der Waals surface area (Å²) >= 11 is 1.71. The molecule has 1 aliphatic heterocycles. The van der Waals surface area contributed by atoms with Gasteiger partial charge in [-0.2, -0.15) is 0 Å². The molecule has 0 unspecified atom stereocenters. The highest BCUT2D eigenvalue weighted by atomic mass is 32.1. The van der Waals surface area contributed by atoms with E-state index in [2.05, 4.69) is 39.3 Å². The Morgan fingerprint density at radius 3 is 2.22 bits per heavy atom. The largest absolute Gasteiger partial charge is 0.356 e. The maximum atomic E-state index is 12.9. The second-order valence-electron chi connectivity index (χ2n) is 8.76.